The molecule has 0 amide bonds. The summed E-state index contributed by atoms with van der Waals surface area (Å²) in [6, 6.07) is 15.0. The van der Waals surface area contributed by atoms with Crippen molar-refractivity contribution >= 4 is 11.5 Å². The van der Waals surface area contributed by atoms with Crippen LogP contribution in [0.3, 0.4) is 0 Å². The highest BCUT2D eigenvalue weighted by molar-refractivity contribution is 6.12. The third-order valence-electron chi connectivity index (χ3n) is 3.07. The fraction of sp³-hybridized carbons (Fsp3) is 0.235. The molecule has 0 fully saturated rings. The first kappa shape index (κ1) is 13.3. The fourth-order valence-electron chi connectivity index (χ4n) is 2.12. The zero-order chi connectivity index (χ0) is 13.8. The van der Waals surface area contributed by atoms with Gasteiger partial charge in [-0.15, -0.1) is 0 Å². The van der Waals surface area contributed by atoms with Gasteiger partial charge < -0.3 is 5.73 Å². The van der Waals surface area contributed by atoms with E-state index < -0.39 is 0 Å². The van der Waals surface area contributed by atoms with Gasteiger partial charge in [-0.25, -0.2) is 0 Å². The molecule has 0 saturated heterocycles. The van der Waals surface area contributed by atoms with Crippen molar-refractivity contribution in [2.24, 2.45) is 5.92 Å². The van der Waals surface area contributed by atoms with Crippen LogP contribution in [0, 0.1) is 5.92 Å². The standard InChI is InChI=1S/C17H19NO/c1-12(2)11-13-7-9-14(10-8-13)17(19)15-5-3-4-6-16(15)18/h3-10,12H,11,18H2,1-2H3. The number of ketones is 1. The van der Waals surface area contributed by atoms with Crippen molar-refractivity contribution < 1.29 is 4.79 Å². The quantitative estimate of drug-likeness (QED) is 0.667. The van der Waals surface area contributed by atoms with E-state index in [1.807, 2.05) is 36.4 Å². The van der Waals surface area contributed by atoms with Crippen LogP contribution in [0.1, 0.15) is 35.3 Å². The molecule has 0 unspecified atom stereocenters. The van der Waals surface area contributed by atoms with Gasteiger partial charge in [-0.2, -0.15) is 0 Å². The summed E-state index contributed by atoms with van der Waals surface area (Å²) < 4.78 is 0. The molecule has 19 heavy (non-hydrogen) atoms. The van der Waals surface area contributed by atoms with Crippen molar-refractivity contribution in [1.29, 1.82) is 0 Å². The van der Waals surface area contributed by atoms with Gasteiger partial charge in [0, 0.05) is 16.8 Å². The molecule has 98 valence electrons. The molecule has 0 atom stereocenters. The van der Waals surface area contributed by atoms with Crippen LogP contribution >= 0.6 is 0 Å². The second kappa shape index (κ2) is 5.70. The Labute approximate surface area is 114 Å². The maximum atomic E-state index is 12.3. The monoisotopic (exact) mass is 253 g/mol. The number of carbonyl (C=O) groups excluding carboxylic acids is 1. The van der Waals surface area contributed by atoms with Crippen LogP contribution in [0.5, 0.6) is 0 Å². The van der Waals surface area contributed by atoms with Crippen molar-refractivity contribution in [2.45, 2.75) is 20.3 Å². The van der Waals surface area contributed by atoms with Gasteiger partial charge in [0.1, 0.15) is 0 Å². The third kappa shape index (κ3) is 3.22. The van der Waals surface area contributed by atoms with E-state index in [4.69, 9.17) is 5.73 Å². The SMILES string of the molecule is CC(C)Cc1ccc(C(=O)c2ccccc2N)cc1. The summed E-state index contributed by atoms with van der Waals surface area (Å²) in [4.78, 5) is 12.3. The molecular weight excluding hydrogens is 234 g/mol. The molecular formula is C17H19NO. The zero-order valence-electron chi connectivity index (χ0n) is 11.4. The second-order valence-corrected chi connectivity index (χ2v) is 5.21. The number of para-hydroxylation sites is 1. The minimum Gasteiger partial charge on any atom is -0.398 e. The van der Waals surface area contributed by atoms with Crippen molar-refractivity contribution in [3.63, 3.8) is 0 Å². The summed E-state index contributed by atoms with van der Waals surface area (Å²) in [6.07, 6.45) is 1.03. The van der Waals surface area contributed by atoms with Gasteiger partial charge in [0.15, 0.2) is 5.78 Å². The normalized spacial score (nSPS) is 10.7. The number of nitrogen functional groups attached to an aromatic ring is 1. The van der Waals surface area contributed by atoms with E-state index in [1.165, 1.54) is 5.56 Å². The molecule has 0 aromatic heterocycles. The first-order valence-electron chi connectivity index (χ1n) is 6.56. The highest BCUT2D eigenvalue weighted by Crippen LogP contribution is 2.17. The third-order valence-corrected chi connectivity index (χ3v) is 3.07. The van der Waals surface area contributed by atoms with E-state index in [1.54, 1.807) is 12.1 Å². The summed E-state index contributed by atoms with van der Waals surface area (Å²) in [5.74, 6) is 0.598. The summed E-state index contributed by atoms with van der Waals surface area (Å²) in [6.45, 7) is 4.37. The van der Waals surface area contributed by atoms with Crippen LogP contribution in [-0.2, 0) is 6.42 Å². The van der Waals surface area contributed by atoms with Crippen LogP contribution in [0.2, 0.25) is 0 Å². The van der Waals surface area contributed by atoms with Gasteiger partial charge in [-0.1, -0.05) is 50.2 Å². The van der Waals surface area contributed by atoms with Gasteiger partial charge in [-0.05, 0) is 30.0 Å². The Bertz CT molecular complexity index is 570. The number of hydrogen-bond acceptors (Lipinski definition) is 2. The molecule has 2 N–H and O–H groups in total. The Morgan fingerprint density at radius 3 is 2.26 bits per heavy atom. The van der Waals surface area contributed by atoms with Gasteiger partial charge in [0.05, 0.1) is 0 Å². The Morgan fingerprint density at radius 2 is 1.68 bits per heavy atom. The van der Waals surface area contributed by atoms with Crippen LogP contribution in [0.25, 0.3) is 0 Å². The molecule has 0 spiro atoms. The van der Waals surface area contributed by atoms with Gasteiger partial charge in [-0.3, -0.25) is 4.79 Å². The number of rotatable bonds is 4. The summed E-state index contributed by atoms with van der Waals surface area (Å²) >= 11 is 0. The van der Waals surface area contributed by atoms with Crippen molar-refractivity contribution in [2.75, 3.05) is 5.73 Å². The minimum atomic E-state index is -0.0193. The number of benzene rings is 2. The predicted molar refractivity (Wildman–Crippen MR) is 79.3 cm³/mol. The molecule has 0 aliphatic heterocycles. The molecule has 0 saturated carbocycles. The molecule has 0 bridgehead atoms. The molecule has 2 aromatic carbocycles. The van der Waals surface area contributed by atoms with Crippen molar-refractivity contribution in [3.8, 4) is 0 Å². The highest BCUT2D eigenvalue weighted by Gasteiger charge is 2.11. The maximum absolute atomic E-state index is 12.3. The molecule has 2 nitrogen and oxygen atoms in total. The lowest BCUT2D eigenvalue weighted by Crippen LogP contribution is -2.05. The Hall–Kier alpha value is -2.09. The van der Waals surface area contributed by atoms with E-state index in [0.29, 0.717) is 22.7 Å². The minimum absolute atomic E-state index is 0.0193. The Kier molecular flexibility index (Phi) is 4.00. The van der Waals surface area contributed by atoms with Crippen LogP contribution in [-0.4, -0.2) is 5.78 Å². The topological polar surface area (TPSA) is 43.1 Å². The lowest BCUT2D eigenvalue weighted by molar-refractivity contribution is 0.103. The first-order chi connectivity index (χ1) is 9.08. The average molecular weight is 253 g/mol. The Morgan fingerprint density at radius 1 is 1.05 bits per heavy atom. The number of anilines is 1. The van der Waals surface area contributed by atoms with E-state index in [0.717, 1.165) is 6.42 Å². The predicted octanol–water partition coefficient (Wildman–Crippen LogP) is 3.70. The van der Waals surface area contributed by atoms with E-state index in [-0.39, 0.29) is 5.78 Å². The maximum Gasteiger partial charge on any atom is 0.195 e. The number of carbonyl (C=O) groups is 1. The Balaban J connectivity index is 2.23. The van der Waals surface area contributed by atoms with Crippen molar-refractivity contribution in [3.05, 3.63) is 65.2 Å². The van der Waals surface area contributed by atoms with Gasteiger partial charge in [0.25, 0.3) is 0 Å². The number of nitrogens with two attached hydrogens (primary N) is 1. The molecule has 2 heteroatoms. The van der Waals surface area contributed by atoms with Gasteiger partial charge >= 0.3 is 0 Å². The second-order valence-electron chi connectivity index (χ2n) is 5.21. The first-order valence-corrected chi connectivity index (χ1v) is 6.56. The summed E-state index contributed by atoms with van der Waals surface area (Å²) in [5.41, 5.74) is 8.87. The van der Waals surface area contributed by atoms with Crippen LogP contribution < -0.4 is 5.73 Å². The van der Waals surface area contributed by atoms with E-state index >= 15 is 0 Å². The lowest BCUT2D eigenvalue weighted by atomic mass is 9.98. The fourth-order valence-corrected chi connectivity index (χ4v) is 2.12. The highest BCUT2D eigenvalue weighted by atomic mass is 16.1. The molecule has 0 aliphatic rings. The molecule has 0 aliphatic carbocycles. The molecule has 2 aromatic rings. The smallest absolute Gasteiger partial charge is 0.195 e. The van der Waals surface area contributed by atoms with Gasteiger partial charge in [0.2, 0.25) is 0 Å². The van der Waals surface area contributed by atoms with Crippen molar-refractivity contribution in [1.82, 2.24) is 0 Å². The molecule has 0 radical (unpaired) electrons. The summed E-state index contributed by atoms with van der Waals surface area (Å²) in [7, 11) is 0. The van der Waals surface area contributed by atoms with E-state index in [2.05, 4.69) is 13.8 Å². The number of hydrogen-bond donors (Lipinski definition) is 1. The van der Waals surface area contributed by atoms with E-state index in [9.17, 15) is 4.79 Å². The largest absolute Gasteiger partial charge is 0.398 e. The summed E-state index contributed by atoms with van der Waals surface area (Å²) in [5, 5.41) is 0. The van der Waals surface area contributed by atoms with Crippen LogP contribution in [0.4, 0.5) is 5.69 Å². The molecule has 2 rings (SSSR count). The zero-order valence-corrected chi connectivity index (χ0v) is 11.4. The average Bonchev–Trinajstić information content (AvgIpc) is 2.39. The van der Waals surface area contributed by atoms with Crippen LogP contribution in [0.15, 0.2) is 48.5 Å². The molecule has 0 heterocycles. The lowest BCUT2D eigenvalue weighted by Gasteiger charge is -2.07.